The molecule has 3 N–H and O–H groups in total. The molecule has 2 aliphatic heterocycles. The Morgan fingerprint density at radius 1 is 1.19 bits per heavy atom. The van der Waals surface area contributed by atoms with Gasteiger partial charge < -0.3 is 15.7 Å². The molecule has 2 unspecified atom stereocenters. The van der Waals surface area contributed by atoms with Crippen LogP contribution >= 0.6 is 0 Å². The van der Waals surface area contributed by atoms with Gasteiger partial charge in [0.1, 0.15) is 0 Å². The van der Waals surface area contributed by atoms with Crippen molar-refractivity contribution in [3.8, 4) is 0 Å². The molecule has 1 saturated heterocycles. The second-order valence-corrected chi connectivity index (χ2v) is 6.28. The van der Waals surface area contributed by atoms with Gasteiger partial charge in [-0.05, 0) is 12.1 Å². The second kappa shape index (κ2) is 5.57. The molecule has 9 heteroatoms. The lowest BCUT2D eigenvalue weighted by Crippen LogP contribution is -2.27. The van der Waals surface area contributed by atoms with Crippen LogP contribution in [0.2, 0.25) is 0 Å². The summed E-state index contributed by atoms with van der Waals surface area (Å²) < 4.78 is 39.6. The van der Waals surface area contributed by atoms with Crippen LogP contribution in [0.3, 0.4) is 0 Å². The SMILES string of the molecule is O=C(O)C1=CC2N/C(=C3\C(=O)Nc4c3cccc4C(F)(F)F)C(=O)C2C=C1. The fourth-order valence-corrected chi connectivity index (χ4v) is 3.48. The summed E-state index contributed by atoms with van der Waals surface area (Å²) in [6.45, 7) is 0. The Balaban J connectivity index is 1.83. The molecule has 27 heavy (non-hydrogen) atoms. The third kappa shape index (κ3) is 2.54. The molecule has 4 rings (SSSR count). The molecular weight excluding hydrogens is 365 g/mol. The number of Topliss-reactive ketones (excluding diaryl/α,β-unsaturated/α-hetero) is 1. The molecular formula is C18H11F3N2O4. The summed E-state index contributed by atoms with van der Waals surface area (Å²) in [6, 6.07) is 2.66. The number of amides is 1. The van der Waals surface area contributed by atoms with Gasteiger partial charge in [-0.25, -0.2) is 4.79 Å². The van der Waals surface area contributed by atoms with Crippen LogP contribution in [-0.2, 0) is 20.6 Å². The smallest absolute Gasteiger partial charge is 0.418 e. The predicted octanol–water partition coefficient (Wildman–Crippen LogP) is 2.11. The number of carboxylic acid groups (broad SMARTS) is 1. The summed E-state index contributed by atoms with van der Waals surface area (Å²) in [5.74, 6) is -3.19. The Hall–Kier alpha value is -3.36. The standard InChI is InChI=1S/C18H11F3N2O4/c19-18(20,21)10-3-1-2-9-12(16(25)23-13(9)10)14-15(24)8-5-4-7(17(26)27)6-11(8)22-14/h1-6,8,11,22H,(H,23,25)(H,26,27)/b14-12-. The third-order valence-corrected chi connectivity index (χ3v) is 4.69. The van der Waals surface area contributed by atoms with Gasteiger partial charge in [0.05, 0.1) is 40.1 Å². The lowest BCUT2D eigenvalue weighted by molar-refractivity contribution is -0.137. The van der Waals surface area contributed by atoms with Crippen LogP contribution in [0.25, 0.3) is 5.57 Å². The molecule has 1 fully saturated rings. The first-order valence-electron chi connectivity index (χ1n) is 7.88. The number of rotatable bonds is 1. The van der Waals surface area contributed by atoms with Crippen molar-refractivity contribution in [1.29, 1.82) is 0 Å². The molecule has 0 bridgehead atoms. The summed E-state index contributed by atoms with van der Waals surface area (Å²) in [6.07, 6.45) is -0.613. The normalized spacial score (nSPS) is 26.3. The minimum absolute atomic E-state index is 0.0153. The van der Waals surface area contributed by atoms with Gasteiger partial charge in [0.25, 0.3) is 5.91 Å². The monoisotopic (exact) mass is 376 g/mol. The molecule has 1 aromatic rings. The van der Waals surface area contributed by atoms with Crippen LogP contribution in [0.1, 0.15) is 11.1 Å². The molecule has 1 aliphatic carbocycles. The molecule has 2 atom stereocenters. The van der Waals surface area contributed by atoms with Gasteiger partial charge >= 0.3 is 12.1 Å². The van der Waals surface area contributed by atoms with E-state index in [9.17, 15) is 27.6 Å². The summed E-state index contributed by atoms with van der Waals surface area (Å²) in [4.78, 5) is 36.1. The van der Waals surface area contributed by atoms with Crippen LogP contribution in [0, 0.1) is 5.92 Å². The van der Waals surface area contributed by atoms with E-state index in [1.807, 2.05) is 0 Å². The maximum absolute atomic E-state index is 13.2. The van der Waals surface area contributed by atoms with E-state index in [1.54, 1.807) is 0 Å². The van der Waals surface area contributed by atoms with Crippen molar-refractivity contribution in [3.63, 3.8) is 0 Å². The van der Waals surface area contributed by atoms with E-state index >= 15 is 0 Å². The van der Waals surface area contributed by atoms with E-state index in [0.717, 1.165) is 12.1 Å². The van der Waals surface area contributed by atoms with E-state index in [2.05, 4.69) is 10.6 Å². The number of para-hydroxylation sites is 1. The lowest BCUT2D eigenvalue weighted by atomic mass is 9.90. The van der Waals surface area contributed by atoms with Crippen LogP contribution in [0.5, 0.6) is 0 Å². The Kier molecular flexibility index (Phi) is 3.52. The van der Waals surface area contributed by atoms with Gasteiger partial charge in [0.2, 0.25) is 0 Å². The van der Waals surface area contributed by atoms with Crippen molar-refractivity contribution in [2.45, 2.75) is 12.2 Å². The number of benzene rings is 1. The molecule has 1 amide bonds. The number of hydrogen-bond donors (Lipinski definition) is 3. The average Bonchev–Trinajstić information content (AvgIpc) is 3.09. The molecule has 0 radical (unpaired) electrons. The maximum atomic E-state index is 13.2. The van der Waals surface area contributed by atoms with E-state index in [0.29, 0.717) is 0 Å². The number of aliphatic carboxylic acids is 1. The highest BCUT2D eigenvalue weighted by molar-refractivity contribution is 6.36. The molecule has 0 saturated carbocycles. The van der Waals surface area contributed by atoms with Gasteiger partial charge in [-0.15, -0.1) is 0 Å². The van der Waals surface area contributed by atoms with Gasteiger partial charge in [-0.1, -0.05) is 24.3 Å². The summed E-state index contributed by atoms with van der Waals surface area (Å²) in [7, 11) is 0. The average molecular weight is 376 g/mol. The minimum atomic E-state index is -4.66. The van der Waals surface area contributed by atoms with Crippen LogP contribution in [0.4, 0.5) is 18.9 Å². The van der Waals surface area contributed by atoms with Crippen molar-refractivity contribution in [3.05, 3.63) is 58.8 Å². The van der Waals surface area contributed by atoms with Crippen LogP contribution < -0.4 is 10.6 Å². The van der Waals surface area contributed by atoms with Gasteiger partial charge in [0, 0.05) is 5.56 Å². The lowest BCUT2D eigenvalue weighted by Gasteiger charge is -2.15. The fraction of sp³-hybridized carbons (Fsp3) is 0.167. The fourth-order valence-electron chi connectivity index (χ4n) is 3.48. The van der Waals surface area contributed by atoms with Crippen molar-refractivity contribution < 1.29 is 32.7 Å². The number of ketones is 1. The third-order valence-electron chi connectivity index (χ3n) is 4.69. The predicted molar refractivity (Wildman–Crippen MR) is 87.3 cm³/mol. The number of carbonyl (C=O) groups is 3. The Morgan fingerprint density at radius 2 is 1.93 bits per heavy atom. The first-order valence-corrected chi connectivity index (χ1v) is 7.88. The van der Waals surface area contributed by atoms with Gasteiger partial charge in [0.15, 0.2) is 5.78 Å². The summed E-state index contributed by atoms with van der Waals surface area (Å²) >= 11 is 0. The Labute approximate surface area is 150 Å². The highest BCUT2D eigenvalue weighted by Gasteiger charge is 2.44. The highest BCUT2D eigenvalue weighted by Crippen LogP contribution is 2.44. The number of carbonyl (C=O) groups excluding carboxylic acids is 2. The number of anilines is 1. The molecule has 1 aromatic carbocycles. The molecule has 0 aromatic heterocycles. The molecule has 138 valence electrons. The van der Waals surface area contributed by atoms with Gasteiger partial charge in [-0.3, -0.25) is 9.59 Å². The molecule has 3 aliphatic rings. The number of alkyl halides is 3. The maximum Gasteiger partial charge on any atom is 0.418 e. The van der Waals surface area contributed by atoms with E-state index in [4.69, 9.17) is 5.11 Å². The summed E-state index contributed by atoms with van der Waals surface area (Å²) in [5, 5.41) is 14.1. The number of allylic oxidation sites excluding steroid dienone is 1. The first-order chi connectivity index (χ1) is 12.7. The van der Waals surface area contributed by atoms with Crippen molar-refractivity contribution in [2.75, 3.05) is 5.32 Å². The first kappa shape index (κ1) is 17.1. The van der Waals surface area contributed by atoms with Gasteiger partial charge in [-0.2, -0.15) is 13.2 Å². The Bertz CT molecular complexity index is 1000. The van der Waals surface area contributed by atoms with Crippen molar-refractivity contribution in [1.82, 2.24) is 5.32 Å². The largest absolute Gasteiger partial charge is 0.478 e. The van der Waals surface area contributed by atoms with Crippen molar-refractivity contribution >= 4 is 28.9 Å². The summed E-state index contributed by atoms with van der Waals surface area (Å²) in [5.41, 5.74) is -1.71. The topological polar surface area (TPSA) is 95.5 Å². The van der Waals surface area contributed by atoms with Crippen molar-refractivity contribution in [2.24, 2.45) is 5.92 Å². The molecule has 6 nitrogen and oxygen atoms in total. The Morgan fingerprint density at radius 3 is 2.59 bits per heavy atom. The molecule has 2 heterocycles. The molecule has 0 spiro atoms. The van der Waals surface area contributed by atoms with E-state index in [-0.39, 0.29) is 28.1 Å². The zero-order valence-corrected chi connectivity index (χ0v) is 13.4. The number of carboxylic acids is 1. The second-order valence-electron chi connectivity index (χ2n) is 6.28. The van der Waals surface area contributed by atoms with E-state index < -0.39 is 41.4 Å². The van der Waals surface area contributed by atoms with Crippen LogP contribution in [-0.4, -0.2) is 28.8 Å². The minimum Gasteiger partial charge on any atom is -0.478 e. The zero-order valence-electron chi connectivity index (χ0n) is 13.4. The number of halogens is 3. The van der Waals surface area contributed by atoms with E-state index in [1.165, 1.54) is 24.3 Å². The quantitative estimate of drug-likeness (QED) is 0.653. The highest BCUT2D eigenvalue weighted by atomic mass is 19.4. The van der Waals surface area contributed by atoms with Crippen LogP contribution in [0.15, 0.2) is 47.7 Å². The number of nitrogens with one attached hydrogen (secondary N) is 2. The number of fused-ring (bicyclic) bond motifs is 2. The zero-order chi connectivity index (χ0) is 19.5. The number of hydrogen-bond acceptors (Lipinski definition) is 4.